The predicted molar refractivity (Wildman–Crippen MR) is 79.9 cm³/mol. The Bertz CT molecular complexity index is 531. The van der Waals surface area contributed by atoms with Crippen molar-refractivity contribution < 1.29 is 8.42 Å². The Morgan fingerprint density at radius 2 is 1.84 bits per heavy atom. The number of sulfonamides is 1. The van der Waals surface area contributed by atoms with E-state index in [-0.39, 0.29) is 28.4 Å². The van der Waals surface area contributed by atoms with E-state index in [0.717, 1.165) is 25.9 Å². The highest BCUT2D eigenvalue weighted by molar-refractivity contribution is 7.89. The lowest BCUT2D eigenvalue weighted by molar-refractivity contribution is 0.427. The van der Waals surface area contributed by atoms with Gasteiger partial charge >= 0.3 is 0 Å². The van der Waals surface area contributed by atoms with Gasteiger partial charge in [0.05, 0.1) is 5.02 Å². The highest BCUT2D eigenvalue weighted by atomic mass is 35.5. The molecule has 0 saturated carbocycles. The fourth-order valence-electron chi connectivity index (χ4n) is 1.91. The Morgan fingerprint density at radius 3 is 2.47 bits per heavy atom. The van der Waals surface area contributed by atoms with Gasteiger partial charge in [-0.1, -0.05) is 23.2 Å². The zero-order chi connectivity index (χ0) is 13.2. The number of halogens is 3. The third kappa shape index (κ3) is 4.48. The van der Waals surface area contributed by atoms with Crippen molar-refractivity contribution in [2.24, 2.45) is 0 Å². The molecular formula is C11H15Cl3N2O2S. The molecule has 8 heteroatoms. The molecule has 0 unspecified atom stereocenters. The van der Waals surface area contributed by atoms with Crippen molar-refractivity contribution in [1.29, 1.82) is 0 Å². The second kappa shape index (κ2) is 7.11. The zero-order valence-electron chi connectivity index (χ0n) is 10.0. The summed E-state index contributed by atoms with van der Waals surface area (Å²) in [5.74, 6) is 0. The normalized spacial score (nSPS) is 16.9. The summed E-state index contributed by atoms with van der Waals surface area (Å²) in [6.45, 7) is 1.63. The average molecular weight is 346 g/mol. The first-order chi connectivity index (χ1) is 8.49. The van der Waals surface area contributed by atoms with E-state index in [4.69, 9.17) is 23.2 Å². The van der Waals surface area contributed by atoms with Crippen molar-refractivity contribution in [3.63, 3.8) is 0 Å². The van der Waals surface area contributed by atoms with Crippen LogP contribution in [0.15, 0.2) is 23.1 Å². The van der Waals surface area contributed by atoms with E-state index >= 15 is 0 Å². The standard InChI is InChI=1S/C11H14Cl2N2O2S.ClH/c12-8-1-2-10(13)11(7-8)18(16,17)15-9-3-5-14-6-4-9;/h1-2,7,9,14-15H,3-6H2;1H. The number of rotatable bonds is 3. The highest BCUT2D eigenvalue weighted by Gasteiger charge is 2.23. The van der Waals surface area contributed by atoms with E-state index in [1.807, 2.05) is 0 Å². The van der Waals surface area contributed by atoms with Crippen molar-refractivity contribution >= 4 is 45.6 Å². The molecule has 1 aromatic carbocycles. The van der Waals surface area contributed by atoms with Crippen molar-refractivity contribution in [2.75, 3.05) is 13.1 Å². The number of hydrogen-bond acceptors (Lipinski definition) is 3. The third-order valence-corrected chi connectivity index (χ3v) is 5.08. The van der Waals surface area contributed by atoms with Crippen molar-refractivity contribution in [2.45, 2.75) is 23.8 Å². The molecule has 1 heterocycles. The molecule has 2 N–H and O–H groups in total. The second-order valence-corrected chi connectivity index (χ2v) is 6.75. The summed E-state index contributed by atoms with van der Waals surface area (Å²) in [6, 6.07) is 4.37. The number of hydrogen-bond donors (Lipinski definition) is 2. The SMILES string of the molecule is Cl.O=S(=O)(NC1CCNCC1)c1cc(Cl)ccc1Cl. The summed E-state index contributed by atoms with van der Waals surface area (Å²) in [5, 5.41) is 3.71. The van der Waals surface area contributed by atoms with Crippen LogP contribution in [-0.4, -0.2) is 27.5 Å². The van der Waals surface area contributed by atoms with E-state index in [9.17, 15) is 8.42 Å². The maximum Gasteiger partial charge on any atom is 0.242 e. The van der Waals surface area contributed by atoms with Crippen LogP contribution < -0.4 is 10.0 Å². The fourth-order valence-corrected chi connectivity index (χ4v) is 3.97. The fraction of sp³-hybridized carbons (Fsp3) is 0.455. The molecule has 0 bridgehead atoms. The lowest BCUT2D eigenvalue weighted by Crippen LogP contribution is -2.42. The lowest BCUT2D eigenvalue weighted by Gasteiger charge is -2.23. The summed E-state index contributed by atoms with van der Waals surface area (Å²) < 4.78 is 27.1. The first kappa shape index (κ1) is 17.0. The van der Waals surface area contributed by atoms with Crippen molar-refractivity contribution in [3.05, 3.63) is 28.2 Å². The van der Waals surface area contributed by atoms with Gasteiger partial charge in [-0.3, -0.25) is 0 Å². The Kier molecular flexibility index (Phi) is 6.36. The monoisotopic (exact) mass is 344 g/mol. The lowest BCUT2D eigenvalue weighted by atomic mass is 10.1. The number of benzene rings is 1. The van der Waals surface area contributed by atoms with Crippen LogP contribution in [0.1, 0.15) is 12.8 Å². The average Bonchev–Trinajstić information content (AvgIpc) is 2.33. The molecule has 1 saturated heterocycles. The van der Waals surface area contributed by atoms with Gasteiger partial charge in [0.25, 0.3) is 0 Å². The van der Waals surface area contributed by atoms with Gasteiger partial charge < -0.3 is 5.32 Å². The summed E-state index contributed by atoms with van der Waals surface area (Å²) >= 11 is 11.7. The van der Waals surface area contributed by atoms with Crippen LogP contribution >= 0.6 is 35.6 Å². The Morgan fingerprint density at radius 1 is 1.21 bits per heavy atom. The van der Waals surface area contributed by atoms with E-state index in [1.165, 1.54) is 12.1 Å². The van der Waals surface area contributed by atoms with Gasteiger partial charge in [-0.15, -0.1) is 12.4 Å². The van der Waals surface area contributed by atoms with E-state index < -0.39 is 10.0 Å². The molecular weight excluding hydrogens is 331 g/mol. The molecule has 0 atom stereocenters. The summed E-state index contributed by atoms with van der Waals surface area (Å²) in [4.78, 5) is 0.0372. The Labute approximate surface area is 129 Å². The smallest absolute Gasteiger partial charge is 0.242 e. The van der Waals surface area contributed by atoms with Gasteiger partial charge in [-0.2, -0.15) is 0 Å². The van der Waals surface area contributed by atoms with Gasteiger partial charge in [0.2, 0.25) is 10.0 Å². The molecule has 0 radical (unpaired) electrons. The molecule has 19 heavy (non-hydrogen) atoms. The molecule has 108 valence electrons. The molecule has 1 fully saturated rings. The van der Waals surface area contributed by atoms with Crippen LogP contribution in [-0.2, 0) is 10.0 Å². The molecule has 0 amide bonds. The first-order valence-electron chi connectivity index (χ1n) is 5.67. The van der Waals surface area contributed by atoms with Gasteiger partial charge in [0.1, 0.15) is 4.90 Å². The van der Waals surface area contributed by atoms with E-state index in [2.05, 4.69) is 10.0 Å². The van der Waals surface area contributed by atoms with Gasteiger partial charge in [-0.05, 0) is 44.1 Å². The molecule has 2 rings (SSSR count). The molecule has 4 nitrogen and oxygen atoms in total. The predicted octanol–water partition coefficient (Wildman–Crippen LogP) is 2.45. The van der Waals surface area contributed by atoms with Crippen LogP contribution in [0.3, 0.4) is 0 Å². The topological polar surface area (TPSA) is 58.2 Å². The Hall–Kier alpha value is -0.0400. The molecule has 1 aliphatic rings. The zero-order valence-corrected chi connectivity index (χ0v) is 13.2. The van der Waals surface area contributed by atoms with E-state index in [0.29, 0.717) is 5.02 Å². The summed E-state index contributed by atoms with van der Waals surface area (Å²) in [5.41, 5.74) is 0. The quantitative estimate of drug-likeness (QED) is 0.884. The van der Waals surface area contributed by atoms with E-state index in [1.54, 1.807) is 6.07 Å². The maximum absolute atomic E-state index is 12.2. The summed E-state index contributed by atoms with van der Waals surface area (Å²) in [6.07, 6.45) is 1.55. The molecule has 1 aromatic rings. The summed E-state index contributed by atoms with van der Waals surface area (Å²) in [7, 11) is -3.61. The van der Waals surface area contributed by atoms with Gasteiger partial charge in [-0.25, -0.2) is 13.1 Å². The van der Waals surface area contributed by atoms with Crippen LogP contribution in [0.25, 0.3) is 0 Å². The highest BCUT2D eigenvalue weighted by Crippen LogP contribution is 2.25. The van der Waals surface area contributed by atoms with Crippen LogP contribution in [0.5, 0.6) is 0 Å². The molecule has 0 aliphatic carbocycles. The molecule has 0 aromatic heterocycles. The largest absolute Gasteiger partial charge is 0.317 e. The first-order valence-corrected chi connectivity index (χ1v) is 7.91. The van der Waals surface area contributed by atoms with Gasteiger partial charge in [0.15, 0.2) is 0 Å². The minimum absolute atomic E-state index is 0. The van der Waals surface area contributed by atoms with Crippen LogP contribution in [0.4, 0.5) is 0 Å². The minimum Gasteiger partial charge on any atom is -0.317 e. The van der Waals surface area contributed by atoms with Crippen molar-refractivity contribution in [3.8, 4) is 0 Å². The minimum atomic E-state index is -3.61. The number of piperidine rings is 1. The van der Waals surface area contributed by atoms with Gasteiger partial charge in [0, 0.05) is 11.1 Å². The molecule has 0 spiro atoms. The number of nitrogens with one attached hydrogen (secondary N) is 2. The van der Waals surface area contributed by atoms with Crippen LogP contribution in [0.2, 0.25) is 10.0 Å². The van der Waals surface area contributed by atoms with Crippen LogP contribution in [0, 0.1) is 0 Å². The second-order valence-electron chi connectivity index (χ2n) is 4.22. The van der Waals surface area contributed by atoms with Crippen molar-refractivity contribution in [1.82, 2.24) is 10.0 Å². The molecule has 1 aliphatic heterocycles. The third-order valence-electron chi connectivity index (χ3n) is 2.84. The Balaban J connectivity index is 0.00000180. The maximum atomic E-state index is 12.2.